The van der Waals surface area contributed by atoms with Gasteiger partial charge in [0.25, 0.3) is 11.8 Å². The molecule has 54 heavy (non-hydrogen) atoms. The van der Waals surface area contributed by atoms with Gasteiger partial charge in [-0.1, -0.05) is 97.1 Å². The molecule has 0 aliphatic rings. The zero-order valence-corrected chi connectivity index (χ0v) is 30.3. The minimum Gasteiger partial charge on any atom is -0.352 e. The Morgan fingerprint density at radius 2 is 0.926 bits per heavy atom. The van der Waals surface area contributed by atoms with Crippen LogP contribution in [0.15, 0.2) is 146 Å². The van der Waals surface area contributed by atoms with Crippen LogP contribution < -0.4 is 10.6 Å². The van der Waals surface area contributed by atoms with Crippen molar-refractivity contribution in [3.8, 4) is 22.3 Å². The zero-order chi connectivity index (χ0) is 36.9. The van der Waals surface area contributed by atoms with Gasteiger partial charge in [-0.2, -0.15) is 0 Å². The SMILES string of the molecule is CN(CCCNC(=O)c1cccc2cc3cc(-c4ccccc4)ccc3nc12)CCCNC(=O)c1cccc2cc3cc(-c4ccccc4)ccc3nc12. The molecule has 2 heterocycles. The van der Waals surface area contributed by atoms with Crippen molar-refractivity contribution in [3.63, 3.8) is 0 Å². The summed E-state index contributed by atoms with van der Waals surface area (Å²) in [7, 11) is 2.07. The van der Waals surface area contributed by atoms with E-state index in [1.54, 1.807) is 0 Å². The van der Waals surface area contributed by atoms with Crippen molar-refractivity contribution in [3.05, 3.63) is 157 Å². The molecule has 2 amide bonds. The Morgan fingerprint density at radius 3 is 1.37 bits per heavy atom. The molecule has 7 heteroatoms. The number of rotatable bonds is 12. The summed E-state index contributed by atoms with van der Waals surface area (Å²) < 4.78 is 0. The Labute approximate surface area is 314 Å². The van der Waals surface area contributed by atoms with Crippen molar-refractivity contribution in [2.24, 2.45) is 0 Å². The second-order valence-corrected chi connectivity index (χ2v) is 13.8. The maximum Gasteiger partial charge on any atom is 0.253 e. The molecule has 0 saturated heterocycles. The van der Waals surface area contributed by atoms with Crippen molar-refractivity contribution < 1.29 is 9.59 Å². The van der Waals surface area contributed by atoms with Gasteiger partial charge in [0.05, 0.1) is 33.2 Å². The number of carbonyl (C=O) groups excluding carboxylic acids is 2. The summed E-state index contributed by atoms with van der Waals surface area (Å²) in [5, 5.41) is 10.2. The lowest BCUT2D eigenvalue weighted by atomic mass is 10.0. The van der Waals surface area contributed by atoms with E-state index in [1.807, 2.05) is 84.9 Å². The first-order valence-electron chi connectivity index (χ1n) is 18.5. The molecule has 0 aliphatic carbocycles. The molecule has 6 aromatic carbocycles. The van der Waals surface area contributed by atoms with E-state index in [9.17, 15) is 9.59 Å². The predicted molar refractivity (Wildman–Crippen MR) is 221 cm³/mol. The lowest BCUT2D eigenvalue weighted by Crippen LogP contribution is -2.31. The van der Waals surface area contributed by atoms with Crippen molar-refractivity contribution in [2.75, 3.05) is 33.2 Å². The maximum absolute atomic E-state index is 13.3. The molecule has 0 aliphatic heterocycles. The minimum absolute atomic E-state index is 0.119. The molecule has 2 N–H and O–H groups in total. The van der Waals surface area contributed by atoms with Crippen LogP contribution in [0.2, 0.25) is 0 Å². The molecular weight excluding hydrogens is 667 g/mol. The Hall–Kier alpha value is -6.44. The Kier molecular flexibility index (Phi) is 10.0. The third-order valence-electron chi connectivity index (χ3n) is 9.98. The molecule has 0 atom stereocenters. The van der Waals surface area contributed by atoms with Gasteiger partial charge in [-0.05, 0) is 104 Å². The first kappa shape index (κ1) is 34.6. The van der Waals surface area contributed by atoms with E-state index in [2.05, 4.69) is 83.2 Å². The number of aromatic nitrogens is 2. The van der Waals surface area contributed by atoms with Gasteiger partial charge in [0, 0.05) is 34.6 Å². The second-order valence-electron chi connectivity index (χ2n) is 13.8. The summed E-state index contributed by atoms with van der Waals surface area (Å²) in [6.45, 7) is 2.76. The zero-order valence-electron chi connectivity index (χ0n) is 30.3. The number of benzene rings is 6. The molecule has 0 unspecified atom stereocenters. The highest BCUT2D eigenvalue weighted by Crippen LogP contribution is 2.29. The number of pyridine rings is 2. The number of para-hydroxylation sites is 2. The summed E-state index contributed by atoms with van der Waals surface area (Å²) in [5.74, 6) is -0.238. The summed E-state index contributed by atoms with van der Waals surface area (Å²) in [6, 6.07) is 48.9. The first-order valence-corrected chi connectivity index (χ1v) is 18.5. The van der Waals surface area contributed by atoms with Gasteiger partial charge < -0.3 is 15.5 Å². The molecule has 0 saturated carbocycles. The Morgan fingerprint density at radius 1 is 0.481 bits per heavy atom. The quantitative estimate of drug-likeness (QED) is 0.0977. The molecule has 0 bridgehead atoms. The van der Waals surface area contributed by atoms with E-state index in [1.165, 1.54) is 0 Å². The van der Waals surface area contributed by atoms with E-state index < -0.39 is 0 Å². The smallest absolute Gasteiger partial charge is 0.253 e. The Bertz CT molecular complexity index is 2440. The van der Waals surface area contributed by atoms with Crippen molar-refractivity contribution in [1.82, 2.24) is 25.5 Å². The average Bonchev–Trinajstić information content (AvgIpc) is 3.22. The fourth-order valence-corrected chi connectivity index (χ4v) is 7.12. The summed E-state index contributed by atoms with van der Waals surface area (Å²) in [6.07, 6.45) is 1.61. The second kappa shape index (κ2) is 15.7. The lowest BCUT2D eigenvalue weighted by molar-refractivity contribution is 0.0947. The van der Waals surface area contributed by atoms with Crippen LogP contribution in [0.3, 0.4) is 0 Å². The highest BCUT2D eigenvalue weighted by molar-refractivity contribution is 6.09. The van der Waals surface area contributed by atoms with E-state index in [0.717, 1.165) is 80.8 Å². The van der Waals surface area contributed by atoms with E-state index >= 15 is 0 Å². The number of amides is 2. The van der Waals surface area contributed by atoms with E-state index in [-0.39, 0.29) is 11.8 Å². The Balaban J connectivity index is 0.814. The molecule has 266 valence electrons. The predicted octanol–water partition coefficient (Wildman–Crippen LogP) is 9.30. The van der Waals surface area contributed by atoms with E-state index in [4.69, 9.17) is 9.97 Å². The van der Waals surface area contributed by atoms with Gasteiger partial charge >= 0.3 is 0 Å². The molecule has 0 radical (unpaired) electrons. The number of nitrogens with zero attached hydrogens (tertiary/aromatic N) is 3. The van der Waals surface area contributed by atoms with Gasteiger partial charge in [-0.25, -0.2) is 9.97 Å². The highest BCUT2D eigenvalue weighted by atomic mass is 16.2. The number of hydrogen-bond acceptors (Lipinski definition) is 5. The average molecular weight is 708 g/mol. The largest absolute Gasteiger partial charge is 0.352 e. The van der Waals surface area contributed by atoms with Crippen LogP contribution in [0, 0.1) is 0 Å². The first-order chi connectivity index (χ1) is 26.5. The maximum atomic E-state index is 13.3. The lowest BCUT2D eigenvalue weighted by Gasteiger charge is -2.17. The van der Waals surface area contributed by atoms with Gasteiger partial charge in [-0.3, -0.25) is 9.59 Å². The summed E-state index contributed by atoms with van der Waals surface area (Å²) in [5.41, 5.74) is 8.89. The normalized spacial score (nSPS) is 11.4. The molecule has 0 fully saturated rings. The van der Waals surface area contributed by atoms with E-state index in [0.29, 0.717) is 35.2 Å². The van der Waals surface area contributed by atoms with Crippen LogP contribution >= 0.6 is 0 Å². The van der Waals surface area contributed by atoms with Crippen LogP contribution in [0.25, 0.3) is 65.9 Å². The third-order valence-corrected chi connectivity index (χ3v) is 9.98. The van der Waals surface area contributed by atoms with Gasteiger partial charge in [0.15, 0.2) is 0 Å². The fraction of sp³-hybridized carbons (Fsp3) is 0.149. The molecule has 2 aromatic heterocycles. The van der Waals surface area contributed by atoms with Crippen LogP contribution in [0.5, 0.6) is 0 Å². The fourth-order valence-electron chi connectivity index (χ4n) is 7.12. The van der Waals surface area contributed by atoms with Gasteiger partial charge in [-0.15, -0.1) is 0 Å². The topological polar surface area (TPSA) is 87.2 Å². The van der Waals surface area contributed by atoms with Crippen LogP contribution in [-0.2, 0) is 0 Å². The van der Waals surface area contributed by atoms with Crippen LogP contribution in [0.4, 0.5) is 0 Å². The van der Waals surface area contributed by atoms with Crippen LogP contribution in [0.1, 0.15) is 33.6 Å². The molecule has 7 nitrogen and oxygen atoms in total. The van der Waals surface area contributed by atoms with Crippen molar-refractivity contribution in [1.29, 1.82) is 0 Å². The van der Waals surface area contributed by atoms with Crippen molar-refractivity contribution in [2.45, 2.75) is 12.8 Å². The standard InChI is InChI=1S/C47H41N5O2/c1-52(26-10-24-48-46(53)40-18-8-16-36-30-38-28-34(32-12-4-2-5-13-32)20-22-42(38)50-44(36)40)27-11-25-49-47(54)41-19-9-17-37-31-39-29-35(33-14-6-3-7-15-33)21-23-43(39)51-45(37)41/h2-9,12-23,28-31H,10-11,24-27H2,1H3,(H,48,53)(H,49,54). The van der Waals surface area contributed by atoms with Gasteiger partial charge in [0.1, 0.15) is 0 Å². The summed E-state index contributed by atoms with van der Waals surface area (Å²) in [4.78, 5) is 38.6. The molecule has 8 aromatic rings. The van der Waals surface area contributed by atoms with Gasteiger partial charge in [0.2, 0.25) is 0 Å². The molecule has 8 rings (SSSR count). The van der Waals surface area contributed by atoms with Crippen LogP contribution in [-0.4, -0.2) is 59.9 Å². The summed E-state index contributed by atoms with van der Waals surface area (Å²) >= 11 is 0. The monoisotopic (exact) mass is 707 g/mol. The number of fused-ring (bicyclic) bond motifs is 4. The number of hydrogen-bond donors (Lipinski definition) is 2. The molecule has 0 spiro atoms. The van der Waals surface area contributed by atoms with Crippen molar-refractivity contribution >= 4 is 55.4 Å². The molecular formula is C47H41N5O2. The highest BCUT2D eigenvalue weighted by Gasteiger charge is 2.14. The minimum atomic E-state index is -0.119. The number of carbonyl (C=O) groups is 2. The third kappa shape index (κ3) is 7.54. The number of nitrogens with one attached hydrogen (secondary N) is 2.